The standard InChI is InChI=1S/C20H32O5S2/c1-19(2,3)26(21,22)17-15-13-11-8-7-9-12(10-11)14(13)16(25-15)18(17)27(23,24)20(4,5)6/h11-16H,7-10H2,1-6H3. The first-order valence-corrected chi connectivity index (χ1v) is 13.0. The fraction of sp³-hybridized carbons (Fsp3) is 0.900. The summed E-state index contributed by atoms with van der Waals surface area (Å²) in [5.41, 5.74) is 0. The Hall–Kier alpha value is -0.400. The van der Waals surface area contributed by atoms with E-state index < -0.39 is 41.4 Å². The van der Waals surface area contributed by atoms with E-state index in [1.807, 2.05) is 0 Å². The Kier molecular flexibility index (Phi) is 4.13. The van der Waals surface area contributed by atoms with Crippen LogP contribution in [-0.2, 0) is 24.4 Å². The van der Waals surface area contributed by atoms with Gasteiger partial charge in [0.1, 0.15) is 0 Å². The lowest BCUT2D eigenvalue weighted by atomic mass is 9.79. The average molecular weight is 417 g/mol. The van der Waals surface area contributed by atoms with Gasteiger partial charge < -0.3 is 4.74 Å². The smallest absolute Gasteiger partial charge is 0.183 e. The first kappa shape index (κ1) is 19.9. The molecule has 6 atom stereocenters. The highest BCUT2D eigenvalue weighted by Gasteiger charge is 2.67. The molecular formula is C20H32O5S2. The van der Waals surface area contributed by atoms with Gasteiger partial charge in [0, 0.05) is 0 Å². The van der Waals surface area contributed by atoms with Crippen molar-refractivity contribution >= 4 is 19.7 Å². The van der Waals surface area contributed by atoms with Gasteiger partial charge in [0.15, 0.2) is 19.7 Å². The summed E-state index contributed by atoms with van der Waals surface area (Å²) in [4.78, 5) is 0.174. The van der Waals surface area contributed by atoms with Gasteiger partial charge in [-0.05, 0) is 71.6 Å². The second-order valence-corrected chi connectivity index (χ2v) is 16.1. The Bertz CT molecular complexity index is 827. The Morgan fingerprint density at radius 2 is 1.11 bits per heavy atom. The molecule has 2 saturated carbocycles. The summed E-state index contributed by atoms with van der Waals surface area (Å²) >= 11 is 0. The van der Waals surface area contributed by atoms with Crippen molar-refractivity contribution in [1.82, 2.24) is 0 Å². The van der Waals surface area contributed by atoms with Crippen molar-refractivity contribution in [2.75, 3.05) is 0 Å². The van der Waals surface area contributed by atoms with Crippen molar-refractivity contribution in [1.29, 1.82) is 0 Å². The molecule has 0 aromatic carbocycles. The van der Waals surface area contributed by atoms with Gasteiger partial charge in [-0.3, -0.25) is 0 Å². The molecule has 4 bridgehead atoms. The summed E-state index contributed by atoms with van der Waals surface area (Å²) in [5, 5.41) is 0. The molecule has 0 spiro atoms. The number of hydrogen-bond donors (Lipinski definition) is 0. The van der Waals surface area contributed by atoms with Crippen LogP contribution in [-0.4, -0.2) is 38.5 Å². The Morgan fingerprint density at radius 3 is 1.44 bits per heavy atom. The Labute approximate surface area is 163 Å². The van der Waals surface area contributed by atoms with E-state index in [0.717, 1.165) is 25.7 Å². The fourth-order valence-corrected chi connectivity index (χ4v) is 9.59. The van der Waals surface area contributed by atoms with Crippen LogP contribution in [0.25, 0.3) is 0 Å². The first-order valence-electron chi connectivity index (χ1n) is 10.1. The molecule has 0 aromatic heterocycles. The van der Waals surface area contributed by atoms with Crippen molar-refractivity contribution in [3.05, 3.63) is 9.81 Å². The first-order chi connectivity index (χ1) is 12.2. The van der Waals surface area contributed by atoms with Crippen LogP contribution in [0.5, 0.6) is 0 Å². The minimum atomic E-state index is -3.79. The zero-order valence-electron chi connectivity index (χ0n) is 17.2. The molecule has 0 aromatic rings. The maximum absolute atomic E-state index is 13.5. The predicted octanol–water partition coefficient (Wildman–Crippen LogP) is 3.46. The monoisotopic (exact) mass is 416 g/mol. The third-order valence-electron chi connectivity index (χ3n) is 7.23. The second kappa shape index (κ2) is 5.60. The summed E-state index contributed by atoms with van der Waals surface area (Å²) in [5.74, 6) is 1.25. The SMILES string of the molecule is CC(C)(C)S(=O)(=O)C1=C(S(=O)(=O)C(C)(C)C)C2OC1C1C3CCCC(C3)C21. The predicted molar refractivity (Wildman–Crippen MR) is 105 cm³/mol. The van der Waals surface area contributed by atoms with Crippen LogP contribution in [0.15, 0.2) is 9.81 Å². The van der Waals surface area contributed by atoms with Gasteiger partial charge in [-0.2, -0.15) is 0 Å². The number of rotatable bonds is 2. The van der Waals surface area contributed by atoms with Crippen LogP contribution in [0.1, 0.15) is 67.2 Å². The van der Waals surface area contributed by atoms with Crippen LogP contribution in [0.4, 0.5) is 0 Å². The van der Waals surface area contributed by atoms with Gasteiger partial charge >= 0.3 is 0 Å². The van der Waals surface area contributed by atoms with E-state index in [4.69, 9.17) is 4.74 Å². The normalized spacial score (nSPS) is 39.2. The van der Waals surface area contributed by atoms with Crippen molar-refractivity contribution < 1.29 is 21.6 Å². The summed E-state index contributed by atoms with van der Waals surface area (Å²) in [7, 11) is -7.58. The highest BCUT2D eigenvalue weighted by Crippen LogP contribution is 2.64. The van der Waals surface area contributed by atoms with Gasteiger partial charge in [0.05, 0.1) is 31.5 Å². The molecule has 0 amide bonds. The van der Waals surface area contributed by atoms with Crippen molar-refractivity contribution in [2.45, 2.75) is 88.9 Å². The maximum atomic E-state index is 13.5. The van der Waals surface area contributed by atoms with Gasteiger partial charge in [-0.25, -0.2) is 16.8 Å². The van der Waals surface area contributed by atoms with Crippen molar-refractivity contribution in [3.63, 3.8) is 0 Å². The molecule has 6 unspecified atom stereocenters. The molecule has 5 nitrogen and oxygen atoms in total. The molecule has 4 aliphatic rings. The molecule has 1 saturated heterocycles. The fourth-order valence-electron chi connectivity index (χ4n) is 5.82. The summed E-state index contributed by atoms with van der Waals surface area (Å²) < 4.78 is 58.1. The van der Waals surface area contributed by atoms with Gasteiger partial charge in [-0.1, -0.05) is 19.3 Å². The lowest BCUT2D eigenvalue weighted by Gasteiger charge is -2.34. The largest absolute Gasteiger partial charge is 0.363 e. The van der Waals surface area contributed by atoms with Crippen LogP contribution in [0, 0.1) is 23.7 Å². The van der Waals surface area contributed by atoms with E-state index in [0.29, 0.717) is 11.8 Å². The van der Waals surface area contributed by atoms with Crippen LogP contribution in [0.2, 0.25) is 0 Å². The van der Waals surface area contributed by atoms with Crippen molar-refractivity contribution in [2.24, 2.45) is 23.7 Å². The third kappa shape index (κ3) is 2.49. The van der Waals surface area contributed by atoms with Crippen LogP contribution < -0.4 is 0 Å². The Balaban J connectivity index is 1.97. The molecule has 2 aliphatic heterocycles. The van der Waals surface area contributed by atoms with E-state index in [1.54, 1.807) is 41.5 Å². The highest BCUT2D eigenvalue weighted by molar-refractivity contribution is 8.00. The number of fused-ring (bicyclic) bond motifs is 9. The highest BCUT2D eigenvalue weighted by atomic mass is 32.2. The van der Waals surface area contributed by atoms with E-state index in [9.17, 15) is 16.8 Å². The second-order valence-electron chi connectivity index (χ2n) is 10.8. The molecule has 0 radical (unpaired) electrons. The summed E-state index contributed by atoms with van der Waals surface area (Å²) in [6.45, 7) is 9.88. The molecule has 2 aliphatic carbocycles. The van der Waals surface area contributed by atoms with E-state index in [2.05, 4.69) is 0 Å². The van der Waals surface area contributed by atoms with Crippen LogP contribution in [0.3, 0.4) is 0 Å². The minimum Gasteiger partial charge on any atom is -0.363 e. The lowest BCUT2D eigenvalue weighted by molar-refractivity contribution is 0.0705. The number of hydrogen-bond acceptors (Lipinski definition) is 5. The quantitative estimate of drug-likeness (QED) is 0.689. The van der Waals surface area contributed by atoms with Crippen molar-refractivity contribution in [3.8, 4) is 0 Å². The molecule has 154 valence electrons. The number of ether oxygens (including phenoxy) is 1. The zero-order chi connectivity index (χ0) is 20.2. The zero-order valence-corrected chi connectivity index (χ0v) is 18.8. The molecular weight excluding hydrogens is 384 g/mol. The van der Waals surface area contributed by atoms with E-state index >= 15 is 0 Å². The number of sulfone groups is 2. The van der Waals surface area contributed by atoms with Crippen LogP contribution >= 0.6 is 0 Å². The molecule has 3 fully saturated rings. The topological polar surface area (TPSA) is 77.5 Å². The van der Waals surface area contributed by atoms with Gasteiger partial charge in [-0.15, -0.1) is 0 Å². The molecule has 2 heterocycles. The molecule has 27 heavy (non-hydrogen) atoms. The molecule has 0 N–H and O–H groups in total. The third-order valence-corrected chi connectivity index (χ3v) is 12.6. The lowest BCUT2D eigenvalue weighted by Crippen LogP contribution is -2.42. The van der Waals surface area contributed by atoms with Gasteiger partial charge in [0.2, 0.25) is 0 Å². The summed E-state index contributed by atoms with van der Waals surface area (Å²) in [6, 6.07) is 0. The average Bonchev–Trinajstić information content (AvgIpc) is 3.14. The minimum absolute atomic E-state index is 0.0868. The van der Waals surface area contributed by atoms with Gasteiger partial charge in [0.25, 0.3) is 0 Å². The Morgan fingerprint density at radius 1 is 0.741 bits per heavy atom. The molecule has 7 heteroatoms. The van der Waals surface area contributed by atoms with E-state index in [1.165, 1.54) is 0 Å². The maximum Gasteiger partial charge on any atom is 0.183 e. The summed E-state index contributed by atoms with van der Waals surface area (Å²) in [6.07, 6.45) is 3.30. The van der Waals surface area contributed by atoms with E-state index in [-0.39, 0.29) is 21.6 Å². The molecule has 4 rings (SSSR count).